The SMILES string of the molecule is C[Si]1(c2ccccc2)CC[Si](C)(c2ccccc2)O1. The maximum atomic E-state index is 6.79. The third kappa shape index (κ3) is 2.33. The molecule has 0 aromatic heterocycles. The summed E-state index contributed by atoms with van der Waals surface area (Å²) < 4.78 is 6.79. The Labute approximate surface area is 117 Å². The summed E-state index contributed by atoms with van der Waals surface area (Å²) in [6, 6.07) is 24.2. The van der Waals surface area contributed by atoms with Crippen molar-refractivity contribution in [2.24, 2.45) is 0 Å². The number of hydrogen-bond acceptors (Lipinski definition) is 1. The topological polar surface area (TPSA) is 9.23 Å². The molecule has 0 aliphatic carbocycles. The van der Waals surface area contributed by atoms with Crippen LogP contribution >= 0.6 is 0 Å². The summed E-state index contributed by atoms with van der Waals surface area (Å²) >= 11 is 0. The van der Waals surface area contributed by atoms with Gasteiger partial charge < -0.3 is 4.12 Å². The molecule has 1 saturated heterocycles. The van der Waals surface area contributed by atoms with E-state index in [9.17, 15) is 0 Å². The van der Waals surface area contributed by atoms with E-state index in [1.165, 1.54) is 22.5 Å². The van der Waals surface area contributed by atoms with Gasteiger partial charge in [0.15, 0.2) is 0 Å². The van der Waals surface area contributed by atoms with Crippen LogP contribution in [0.2, 0.25) is 25.2 Å². The van der Waals surface area contributed by atoms with Crippen molar-refractivity contribution in [3.63, 3.8) is 0 Å². The smallest absolute Gasteiger partial charge is 0.209 e. The molecule has 0 N–H and O–H groups in total. The van der Waals surface area contributed by atoms with Crippen LogP contribution < -0.4 is 10.4 Å². The van der Waals surface area contributed by atoms with Crippen LogP contribution in [0.3, 0.4) is 0 Å². The molecule has 0 radical (unpaired) electrons. The van der Waals surface area contributed by atoms with E-state index in [-0.39, 0.29) is 0 Å². The van der Waals surface area contributed by atoms with E-state index in [4.69, 9.17) is 4.12 Å². The van der Waals surface area contributed by atoms with E-state index < -0.39 is 16.6 Å². The maximum Gasteiger partial charge on any atom is 0.209 e. The van der Waals surface area contributed by atoms with Crippen molar-refractivity contribution in [1.82, 2.24) is 0 Å². The molecule has 0 spiro atoms. The van der Waals surface area contributed by atoms with Crippen LogP contribution in [0, 0.1) is 0 Å². The van der Waals surface area contributed by atoms with E-state index >= 15 is 0 Å². The number of benzene rings is 2. The van der Waals surface area contributed by atoms with Gasteiger partial charge in [-0.3, -0.25) is 0 Å². The molecule has 98 valence electrons. The zero-order valence-corrected chi connectivity index (χ0v) is 13.6. The third-order valence-electron chi connectivity index (χ3n) is 4.30. The quantitative estimate of drug-likeness (QED) is 0.770. The summed E-state index contributed by atoms with van der Waals surface area (Å²) in [5, 5.41) is 2.89. The van der Waals surface area contributed by atoms with Gasteiger partial charge in [-0.05, 0) is 35.6 Å². The lowest BCUT2D eigenvalue weighted by Crippen LogP contribution is -2.53. The fraction of sp³-hybridized carbons (Fsp3) is 0.250. The molecule has 1 aliphatic heterocycles. The van der Waals surface area contributed by atoms with Crippen molar-refractivity contribution in [1.29, 1.82) is 0 Å². The van der Waals surface area contributed by atoms with Gasteiger partial charge in [-0.1, -0.05) is 60.7 Å². The number of rotatable bonds is 2. The molecule has 0 amide bonds. The minimum Gasteiger partial charge on any atom is -0.448 e. The van der Waals surface area contributed by atoms with Gasteiger partial charge in [-0.2, -0.15) is 0 Å². The molecule has 19 heavy (non-hydrogen) atoms. The minimum atomic E-state index is -1.72. The van der Waals surface area contributed by atoms with Gasteiger partial charge in [0.1, 0.15) is 0 Å². The molecular formula is C16H20OSi2. The van der Waals surface area contributed by atoms with Crippen LogP contribution in [0.25, 0.3) is 0 Å². The molecular weight excluding hydrogens is 264 g/mol. The zero-order chi connectivity index (χ0) is 13.3. The molecule has 1 fully saturated rings. The van der Waals surface area contributed by atoms with Gasteiger partial charge in [0.05, 0.1) is 0 Å². The van der Waals surface area contributed by atoms with Gasteiger partial charge in [-0.15, -0.1) is 0 Å². The van der Waals surface area contributed by atoms with Crippen LogP contribution in [0.15, 0.2) is 60.7 Å². The molecule has 3 rings (SSSR count). The van der Waals surface area contributed by atoms with Crippen molar-refractivity contribution >= 4 is 27.0 Å². The third-order valence-corrected chi connectivity index (χ3v) is 13.9. The Kier molecular flexibility index (Phi) is 3.21. The molecule has 0 bridgehead atoms. The van der Waals surface area contributed by atoms with Gasteiger partial charge in [0.25, 0.3) is 0 Å². The molecule has 2 aromatic rings. The Morgan fingerprint density at radius 1 is 0.684 bits per heavy atom. The fourth-order valence-corrected chi connectivity index (χ4v) is 15.0. The molecule has 1 aliphatic rings. The predicted octanol–water partition coefficient (Wildman–Crippen LogP) is 2.98. The highest BCUT2D eigenvalue weighted by Gasteiger charge is 2.48. The van der Waals surface area contributed by atoms with Gasteiger partial charge >= 0.3 is 0 Å². The van der Waals surface area contributed by atoms with Crippen LogP contribution in [0.4, 0.5) is 0 Å². The second-order valence-corrected chi connectivity index (χ2v) is 13.7. The van der Waals surface area contributed by atoms with E-state index in [1.54, 1.807) is 0 Å². The van der Waals surface area contributed by atoms with E-state index in [2.05, 4.69) is 73.8 Å². The Balaban J connectivity index is 1.92. The highest BCUT2D eigenvalue weighted by atomic mass is 28.4. The first-order valence-electron chi connectivity index (χ1n) is 6.94. The Morgan fingerprint density at radius 3 is 1.42 bits per heavy atom. The molecule has 1 nitrogen and oxygen atoms in total. The van der Waals surface area contributed by atoms with Gasteiger partial charge in [-0.25, -0.2) is 0 Å². The van der Waals surface area contributed by atoms with E-state index in [0.717, 1.165) is 0 Å². The Bertz CT molecular complexity index is 506. The Hall–Kier alpha value is -1.17. The van der Waals surface area contributed by atoms with E-state index in [1.807, 2.05) is 0 Å². The van der Waals surface area contributed by atoms with Crippen molar-refractivity contribution in [2.75, 3.05) is 0 Å². The average molecular weight is 285 g/mol. The highest BCUT2D eigenvalue weighted by molar-refractivity contribution is 7.02. The summed E-state index contributed by atoms with van der Waals surface area (Å²) in [5.74, 6) is 0. The monoisotopic (exact) mass is 284 g/mol. The minimum absolute atomic E-state index is 1.26. The molecule has 0 saturated carbocycles. The van der Waals surface area contributed by atoms with Crippen molar-refractivity contribution in [3.05, 3.63) is 60.7 Å². The van der Waals surface area contributed by atoms with Gasteiger partial charge in [0, 0.05) is 0 Å². The standard InChI is InChI=1S/C16H20OSi2/c1-18(15-9-5-3-6-10-15)13-14-19(2,17-18)16-11-7-4-8-12-16/h3-12H,13-14H2,1-2H3. The summed E-state index contributed by atoms with van der Waals surface area (Å²) in [5.41, 5.74) is 0. The molecule has 2 unspecified atom stereocenters. The average Bonchev–Trinajstić information content (AvgIpc) is 2.80. The first-order chi connectivity index (χ1) is 9.12. The van der Waals surface area contributed by atoms with Crippen molar-refractivity contribution in [2.45, 2.75) is 25.2 Å². The van der Waals surface area contributed by atoms with Crippen LogP contribution in [-0.4, -0.2) is 16.6 Å². The lowest BCUT2D eigenvalue weighted by Gasteiger charge is -2.29. The predicted molar refractivity (Wildman–Crippen MR) is 86.1 cm³/mol. The second-order valence-electron chi connectivity index (χ2n) is 5.80. The molecule has 2 aromatic carbocycles. The summed E-state index contributed by atoms with van der Waals surface area (Å²) in [6.45, 7) is 4.76. The van der Waals surface area contributed by atoms with Crippen molar-refractivity contribution < 1.29 is 4.12 Å². The lowest BCUT2D eigenvalue weighted by molar-refractivity contribution is 0.589. The first kappa shape index (κ1) is 12.8. The summed E-state index contributed by atoms with van der Waals surface area (Å²) in [7, 11) is -3.44. The normalized spacial score (nSPS) is 30.4. The summed E-state index contributed by atoms with van der Waals surface area (Å²) in [4.78, 5) is 0. The van der Waals surface area contributed by atoms with Crippen LogP contribution in [0.1, 0.15) is 0 Å². The van der Waals surface area contributed by atoms with Crippen LogP contribution in [-0.2, 0) is 4.12 Å². The van der Waals surface area contributed by atoms with E-state index in [0.29, 0.717) is 0 Å². The van der Waals surface area contributed by atoms with Crippen LogP contribution in [0.5, 0.6) is 0 Å². The summed E-state index contributed by atoms with van der Waals surface area (Å²) in [6.07, 6.45) is 0. The lowest BCUT2D eigenvalue weighted by atomic mass is 10.4. The largest absolute Gasteiger partial charge is 0.448 e. The first-order valence-corrected chi connectivity index (χ1v) is 12.2. The van der Waals surface area contributed by atoms with Crippen molar-refractivity contribution in [3.8, 4) is 0 Å². The fourth-order valence-electron chi connectivity index (χ4n) is 3.06. The molecule has 1 heterocycles. The molecule has 3 heteroatoms. The second kappa shape index (κ2) is 4.74. The highest BCUT2D eigenvalue weighted by Crippen LogP contribution is 2.33. The maximum absolute atomic E-state index is 6.79. The zero-order valence-electron chi connectivity index (χ0n) is 11.6. The molecule has 2 atom stereocenters. The van der Waals surface area contributed by atoms with Gasteiger partial charge in [0.2, 0.25) is 16.6 Å². The Morgan fingerprint density at radius 2 is 1.05 bits per heavy atom. The number of hydrogen-bond donors (Lipinski definition) is 0.